The van der Waals surface area contributed by atoms with Gasteiger partial charge >= 0.3 is 11.6 Å². The number of rotatable bonds is 6. The average Bonchev–Trinajstić information content (AvgIpc) is 2.70. The van der Waals surface area contributed by atoms with Gasteiger partial charge in [0.25, 0.3) is 0 Å². The van der Waals surface area contributed by atoms with E-state index in [1.807, 2.05) is 0 Å². The van der Waals surface area contributed by atoms with Crippen molar-refractivity contribution < 1.29 is 22.9 Å². The summed E-state index contributed by atoms with van der Waals surface area (Å²) < 4.78 is 27.8. The predicted octanol–water partition coefficient (Wildman–Crippen LogP) is 3.29. The van der Waals surface area contributed by atoms with Crippen molar-refractivity contribution in [2.45, 2.75) is 18.4 Å². The first-order valence-corrected chi connectivity index (χ1v) is 9.60. The zero-order chi connectivity index (χ0) is 19.4. The van der Waals surface area contributed by atoms with Gasteiger partial charge in [-0.15, -0.1) is 0 Å². The van der Waals surface area contributed by atoms with Gasteiger partial charge in [0, 0.05) is 28.8 Å². The fourth-order valence-electron chi connectivity index (χ4n) is 2.67. The van der Waals surface area contributed by atoms with Gasteiger partial charge in [0.1, 0.15) is 17.9 Å². The highest BCUT2D eigenvalue weighted by molar-refractivity contribution is 7.85. The van der Waals surface area contributed by atoms with E-state index in [-0.39, 0.29) is 12.2 Å². The second-order valence-electron chi connectivity index (χ2n) is 5.66. The second-order valence-corrected chi connectivity index (χ2v) is 7.37. The Morgan fingerprint density at radius 1 is 1.15 bits per heavy atom. The average molecular weight is 386 g/mol. The van der Waals surface area contributed by atoms with E-state index in [2.05, 4.69) is 0 Å². The van der Waals surface area contributed by atoms with Gasteiger partial charge in [0.15, 0.2) is 0 Å². The molecule has 0 aliphatic carbocycles. The van der Waals surface area contributed by atoms with Crippen LogP contribution in [0, 0.1) is 0 Å². The first-order valence-electron chi connectivity index (χ1n) is 8.28. The maximum absolute atomic E-state index is 12.5. The summed E-state index contributed by atoms with van der Waals surface area (Å²) in [6.07, 6.45) is 0. The summed E-state index contributed by atoms with van der Waals surface area (Å²) in [5.74, 6) is 0.356. The monoisotopic (exact) mass is 386 g/mol. The second kappa shape index (κ2) is 8.18. The minimum atomic E-state index is -1.28. The fraction of sp³-hybridized carbons (Fsp3) is 0.200. The van der Waals surface area contributed by atoms with Crippen LogP contribution in [-0.2, 0) is 22.1 Å². The van der Waals surface area contributed by atoms with Gasteiger partial charge in [-0.2, -0.15) is 0 Å². The normalized spacial score (nSPS) is 11.9. The number of hydrogen-bond acceptors (Lipinski definition) is 6. The molecule has 0 saturated heterocycles. The first kappa shape index (κ1) is 18.8. The molecule has 1 heterocycles. The van der Waals surface area contributed by atoms with Gasteiger partial charge < -0.3 is 13.9 Å². The third kappa shape index (κ3) is 4.09. The number of benzene rings is 2. The van der Waals surface area contributed by atoms with E-state index in [0.29, 0.717) is 32.9 Å². The molecule has 0 radical (unpaired) electrons. The van der Waals surface area contributed by atoms with Crippen LogP contribution < -0.4 is 10.4 Å². The third-order valence-electron chi connectivity index (χ3n) is 4.01. The van der Waals surface area contributed by atoms with Crippen LogP contribution in [0.1, 0.15) is 22.8 Å². The van der Waals surface area contributed by atoms with Crippen LogP contribution in [0.2, 0.25) is 0 Å². The van der Waals surface area contributed by atoms with E-state index in [1.54, 1.807) is 49.4 Å². The lowest BCUT2D eigenvalue weighted by molar-refractivity contribution is 0.0469. The molecule has 2 aromatic carbocycles. The fourth-order valence-corrected chi connectivity index (χ4v) is 3.60. The lowest BCUT2D eigenvalue weighted by Crippen LogP contribution is -2.11. The Labute approximate surface area is 158 Å². The van der Waals surface area contributed by atoms with Crippen molar-refractivity contribution in [1.82, 2.24) is 0 Å². The highest BCUT2D eigenvalue weighted by Crippen LogP contribution is 2.23. The first-order chi connectivity index (χ1) is 13.0. The van der Waals surface area contributed by atoms with Crippen molar-refractivity contribution in [1.29, 1.82) is 0 Å². The number of ether oxygens (including phenoxy) is 2. The Balaban J connectivity index is 1.88. The van der Waals surface area contributed by atoms with E-state index in [9.17, 15) is 13.8 Å². The summed E-state index contributed by atoms with van der Waals surface area (Å²) in [4.78, 5) is 24.8. The lowest BCUT2D eigenvalue weighted by Gasteiger charge is -2.10. The highest BCUT2D eigenvalue weighted by atomic mass is 32.2. The Morgan fingerprint density at radius 3 is 2.67 bits per heavy atom. The molecule has 27 heavy (non-hydrogen) atoms. The topological polar surface area (TPSA) is 82.8 Å². The van der Waals surface area contributed by atoms with Crippen LogP contribution in [0.5, 0.6) is 5.75 Å². The molecular weight excluding hydrogens is 368 g/mol. The smallest absolute Gasteiger partial charge is 0.339 e. The molecule has 6 nitrogen and oxygen atoms in total. The molecule has 7 heteroatoms. The van der Waals surface area contributed by atoms with Crippen LogP contribution in [0.3, 0.4) is 0 Å². The molecule has 1 aromatic heterocycles. The summed E-state index contributed by atoms with van der Waals surface area (Å²) >= 11 is 0. The van der Waals surface area contributed by atoms with Crippen molar-refractivity contribution in [3.8, 4) is 5.75 Å². The molecule has 140 valence electrons. The van der Waals surface area contributed by atoms with Crippen LogP contribution in [0.15, 0.2) is 62.6 Å². The van der Waals surface area contributed by atoms with Crippen molar-refractivity contribution >= 4 is 27.7 Å². The van der Waals surface area contributed by atoms with E-state index < -0.39 is 22.4 Å². The number of carbonyl (C=O) groups is 1. The van der Waals surface area contributed by atoms with Crippen molar-refractivity contribution in [2.24, 2.45) is 0 Å². The molecule has 0 amide bonds. The standard InChI is InChI=1S/C20H18O6S/c1-3-27(23)18-7-5-4-6-16(18)20(22)25-12-13-10-19(21)26-17-11-14(24-2)8-9-15(13)17/h4-11H,3,12H2,1-2H3/t27-/m0/s1. The molecule has 3 aromatic rings. The number of esters is 1. The molecule has 0 N–H and O–H groups in total. The van der Waals surface area contributed by atoms with E-state index >= 15 is 0 Å². The van der Waals surface area contributed by atoms with Crippen molar-refractivity contribution in [2.75, 3.05) is 12.9 Å². The summed E-state index contributed by atoms with van der Waals surface area (Å²) in [7, 11) is 0.236. The largest absolute Gasteiger partial charge is 0.497 e. The zero-order valence-electron chi connectivity index (χ0n) is 14.9. The Kier molecular flexibility index (Phi) is 5.71. The summed E-state index contributed by atoms with van der Waals surface area (Å²) in [6, 6.07) is 13.0. The maximum atomic E-state index is 12.5. The van der Waals surface area contributed by atoms with Crippen molar-refractivity contribution in [3.05, 3.63) is 70.1 Å². The highest BCUT2D eigenvalue weighted by Gasteiger charge is 2.17. The maximum Gasteiger partial charge on any atom is 0.339 e. The molecule has 0 spiro atoms. The van der Waals surface area contributed by atoms with E-state index in [4.69, 9.17) is 13.9 Å². The molecule has 0 fully saturated rings. The van der Waals surface area contributed by atoms with Crippen molar-refractivity contribution in [3.63, 3.8) is 0 Å². The van der Waals surface area contributed by atoms with Crippen LogP contribution in [0.4, 0.5) is 0 Å². The third-order valence-corrected chi connectivity index (χ3v) is 5.38. The predicted molar refractivity (Wildman–Crippen MR) is 102 cm³/mol. The number of hydrogen-bond donors (Lipinski definition) is 0. The number of methoxy groups -OCH3 is 1. The molecule has 1 atom stereocenters. The Morgan fingerprint density at radius 2 is 1.93 bits per heavy atom. The Bertz CT molecular complexity index is 1070. The SMILES string of the molecule is CC[S@](=O)c1ccccc1C(=O)OCc1cc(=O)oc2cc(OC)ccc12. The van der Waals surface area contributed by atoms with Gasteiger partial charge in [0.05, 0.1) is 28.4 Å². The quantitative estimate of drug-likeness (QED) is 0.478. The summed E-state index contributed by atoms with van der Waals surface area (Å²) in [5, 5.41) is 0.647. The molecule has 0 unspecified atom stereocenters. The lowest BCUT2D eigenvalue weighted by atomic mass is 10.1. The number of fused-ring (bicyclic) bond motifs is 1. The van der Waals surface area contributed by atoms with Crippen LogP contribution in [0.25, 0.3) is 11.0 Å². The molecule has 0 aliphatic rings. The van der Waals surface area contributed by atoms with E-state index in [0.717, 1.165) is 0 Å². The van der Waals surface area contributed by atoms with E-state index in [1.165, 1.54) is 13.2 Å². The van der Waals surface area contributed by atoms with Crippen LogP contribution >= 0.6 is 0 Å². The number of carbonyl (C=O) groups excluding carboxylic acids is 1. The molecule has 3 rings (SSSR count). The Hall–Kier alpha value is -2.93. The summed E-state index contributed by atoms with van der Waals surface area (Å²) in [6.45, 7) is 1.67. The van der Waals surface area contributed by atoms with Gasteiger partial charge in [-0.3, -0.25) is 4.21 Å². The van der Waals surface area contributed by atoms with Gasteiger partial charge in [0.2, 0.25) is 0 Å². The molecule has 0 aliphatic heterocycles. The molecular formula is C20H18O6S. The molecule has 0 bridgehead atoms. The summed E-state index contributed by atoms with van der Waals surface area (Å²) in [5.41, 5.74) is 0.577. The van der Waals surface area contributed by atoms with Gasteiger partial charge in [-0.25, -0.2) is 9.59 Å². The molecule has 0 saturated carbocycles. The zero-order valence-corrected chi connectivity index (χ0v) is 15.7. The minimum Gasteiger partial charge on any atom is -0.497 e. The van der Waals surface area contributed by atoms with Crippen LogP contribution in [-0.4, -0.2) is 23.0 Å². The minimum absolute atomic E-state index is 0.111. The van der Waals surface area contributed by atoms with Gasteiger partial charge in [-0.05, 0) is 24.3 Å². The van der Waals surface area contributed by atoms with Gasteiger partial charge in [-0.1, -0.05) is 19.1 Å².